The number of hydrogen-bond acceptors (Lipinski definition) is 3. The fraction of sp³-hybridized carbons (Fsp3) is 1.00. The van der Waals surface area contributed by atoms with Gasteiger partial charge in [0.15, 0.2) is 0 Å². The van der Waals surface area contributed by atoms with Crippen LogP contribution in [0.4, 0.5) is 0 Å². The Labute approximate surface area is 68.0 Å². The van der Waals surface area contributed by atoms with Gasteiger partial charge in [0.1, 0.15) is 0 Å². The van der Waals surface area contributed by atoms with Crippen molar-refractivity contribution < 1.29 is 9.57 Å². The molecule has 1 heterocycles. The third-order valence-corrected chi connectivity index (χ3v) is 1.87. The van der Waals surface area contributed by atoms with Gasteiger partial charge in [-0.1, -0.05) is 0 Å². The second-order valence-corrected chi connectivity index (χ2v) is 2.86. The van der Waals surface area contributed by atoms with Crippen LogP contribution in [0.2, 0.25) is 0 Å². The Hall–Kier alpha value is -0.120. The molecule has 3 heteroatoms. The van der Waals surface area contributed by atoms with Crippen LogP contribution in [0.1, 0.15) is 19.8 Å². The van der Waals surface area contributed by atoms with Crippen molar-refractivity contribution >= 4 is 0 Å². The van der Waals surface area contributed by atoms with Crippen molar-refractivity contribution in [1.82, 2.24) is 5.48 Å². The maximum absolute atomic E-state index is 5.32. The fourth-order valence-corrected chi connectivity index (χ4v) is 1.25. The maximum atomic E-state index is 5.32. The Bertz CT molecular complexity index is 92.1. The second kappa shape index (κ2) is 5.52. The summed E-state index contributed by atoms with van der Waals surface area (Å²) in [5.74, 6) is 0.648. The molecule has 1 N–H and O–H groups in total. The van der Waals surface area contributed by atoms with Crippen molar-refractivity contribution in [3.63, 3.8) is 0 Å². The number of ether oxygens (including phenoxy) is 1. The zero-order chi connectivity index (χ0) is 7.94. The van der Waals surface area contributed by atoms with Crippen molar-refractivity contribution in [2.45, 2.75) is 19.8 Å². The molecular formula is C8H17NO2. The molecule has 0 radical (unpaired) electrons. The van der Waals surface area contributed by atoms with Crippen molar-refractivity contribution in [2.75, 3.05) is 26.4 Å². The second-order valence-electron chi connectivity index (χ2n) is 2.86. The summed E-state index contributed by atoms with van der Waals surface area (Å²) in [4.78, 5) is 5.03. The van der Waals surface area contributed by atoms with Crippen LogP contribution < -0.4 is 5.48 Å². The highest BCUT2D eigenvalue weighted by molar-refractivity contribution is 4.63. The van der Waals surface area contributed by atoms with Gasteiger partial charge in [-0.15, -0.1) is 0 Å². The molecule has 0 spiro atoms. The monoisotopic (exact) mass is 159 g/mol. The van der Waals surface area contributed by atoms with E-state index in [1.807, 2.05) is 6.92 Å². The number of nitrogens with one attached hydrogen (secondary N) is 1. The molecule has 1 aliphatic rings. The molecule has 0 bridgehead atoms. The van der Waals surface area contributed by atoms with Crippen molar-refractivity contribution in [2.24, 2.45) is 5.92 Å². The predicted octanol–water partition coefficient (Wildman–Crippen LogP) is 0.954. The average Bonchev–Trinajstić information content (AvgIpc) is 2.07. The Kier molecular flexibility index (Phi) is 4.50. The topological polar surface area (TPSA) is 30.5 Å². The Balaban J connectivity index is 1.96. The van der Waals surface area contributed by atoms with Crippen LogP contribution in [0.3, 0.4) is 0 Å². The summed E-state index contributed by atoms with van der Waals surface area (Å²) in [5.41, 5.74) is 2.92. The van der Waals surface area contributed by atoms with Crippen LogP contribution in [-0.2, 0) is 9.57 Å². The molecule has 0 aromatic heterocycles. The first-order chi connectivity index (χ1) is 5.43. The third kappa shape index (κ3) is 3.70. The summed E-state index contributed by atoms with van der Waals surface area (Å²) in [6.45, 7) is 5.46. The summed E-state index contributed by atoms with van der Waals surface area (Å²) in [6.07, 6.45) is 2.46. The summed E-state index contributed by atoms with van der Waals surface area (Å²) >= 11 is 0. The first-order valence-corrected chi connectivity index (χ1v) is 4.36. The van der Waals surface area contributed by atoms with Gasteiger partial charge in [0, 0.05) is 13.2 Å². The van der Waals surface area contributed by atoms with E-state index in [0.717, 1.165) is 26.4 Å². The molecule has 66 valence electrons. The summed E-state index contributed by atoms with van der Waals surface area (Å²) in [7, 11) is 0. The van der Waals surface area contributed by atoms with Gasteiger partial charge in [0.25, 0.3) is 0 Å². The van der Waals surface area contributed by atoms with Gasteiger partial charge in [0.05, 0.1) is 13.2 Å². The van der Waals surface area contributed by atoms with Crippen LogP contribution >= 0.6 is 0 Å². The molecule has 0 aromatic rings. The lowest BCUT2D eigenvalue weighted by atomic mass is 10.0. The summed E-state index contributed by atoms with van der Waals surface area (Å²) < 4.78 is 5.32. The SMILES string of the molecule is CCONCC1CCCOC1. The lowest BCUT2D eigenvalue weighted by Gasteiger charge is -2.21. The van der Waals surface area contributed by atoms with E-state index in [9.17, 15) is 0 Å². The molecule has 1 unspecified atom stereocenters. The normalized spacial score (nSPS) is 25.4. The maximum Gasteiger partial charge on any atom is 0.0653 e. The first kappa shape index (κ1) is 8.97. The van der Waals surface area contributed by atoms with Gasteiger partial charge in [-0.25, -0.2) is 5.48 Å². The van der Waals surface area contributed by atoms with Crippen molar-refractivity contribution in [3.05, 3.63) is 0 Å². The Morgan fingerprint density at radius 3 is 3.18 bits per heavy atom. The van der Waals surface area contributed by atoms with E-state index in [-0.39, 0.29) is 0 Å². The van der Waals surface area contributed by atoms with E-state index in [0.29, 0.717) is 5.92 Å². The van der Waals surface area contributed by atoms with E-state index in [2.05, 4.69) is 5.48 Å². The smallest absolute Gasteiger partial charge is 0.0653 e. The van der Waals surface area contributed by atoms with E-state index in [1.54, 1.807) is 0 Å². The fourth-order valence-electron chi connectivity index (χ4n) is 1.25. The lowest BCUT2D eigenvalue weighted by molar-refractivity contribution is 0.00570. The highest BCUT2D eigenvalue weighted by Crippen LogP contribution is 2.11. The minimum absolute atomic E-state index is 0.648. The first-order valence-electron chi connectivity index (χ1n) is 4.36. The largest absolute Gasteiger partial charge is 0.381 e. The quantitative estimate of drug-likeness (QED) is 0.489. The average molecular weight is 159 g/mol. The van der Waals surface area contributed by atoms with E-state index >= 15 is 0 Å². The summed E-state index contributed by atoms with van der Waals surface area (Å²) in [5, 5.41) is 0. The van der Waals surface area contributed by atoms with E-state index < -0.39 is 0 Å². The van der Waals surface area contributed by atoms with Gasteiger partial charge in [-0.3, -0.25) is 0 Å². The number of hydroxylamine groups is 1. The molecule has 1 fully saturated rings. The Morgan fingerprint density at radius 1 is 1.64 bits per heavy atom. The standard InChI is InChI=1S/C8H17NO2/c1-2-11-9-6-8-4-3-5-10-7-8/h8-9H,2-7H2,1H3. The van der Waals surface area contributed by atoms with Gasteiger partial charge in [-0.05, 0) is 25.7 Å². The molecular weight excluding hydrogens is 142 g/mol. The van der Waals surface area contributed by atoms with Crippen LogP contribution in [0.25, 0.3) is 0 Å². The van der Waals surface area contributed by atoms with Gasteiger partial charge >= 0.3 is 0 Å². The highest BCUT2D eigenvalue weighted by Gasteiger charge is 2.12. The number of rotatable bonds is 4. The zero-order valence-electron chi connectivity index (χ0n) is 7.14. The van der Waals surface area contributed by atoms with Gasteiger partial charge in [-0.2, -0.15) is 0 Å². The van der Waals surface area contributed by atoms with Crippen LogP contribution in [0.5, 0.6) is 0 Å². The molecule has 1 aliphatic heterocycles. The van der Waals surface area contributed by atoms with Gasteiger partial charge < -0.3 is 9.57 Å². The highest BCUT2D eigenvalue weighted by atomic mass is 16.6. The van der Waals surface area contributed by atoms with E-state index in [4.69, 9.17) is 9.57 Å². The lowest BCUT2D eigenvalue weighted by Crippen LogP contribution is -2.29. The molecule has 0 aliphatic carbocycles. The Morgan fingerprint density at radius 2 is 2.55 bits per heavy atom. The molecule has 11 heavy (non-hydrogen) atoms. The van der Waals surface area contributed by atoms with Gasteiger partial charge in [0.2, 0.25) is 0 Å². The molecule has 0 aromatic carbocycles. The predicted molar refractivity (Wildman–Crippen MR) is 43.2 cm³/mol. The van der Waals surface area contributed by atoms with Crippen molar-refractivity contribution in [3.8, 4) is 0 Å². The minimum atomic E-state index is 0.648. The molecule has 1 atom stereocenters. The molecule has 3 nitrogen and oxygen atoms in total. The van der Waals surface area contributed by atoms with E-state index in [1.165, 1.54) is 12.8 Å². The zero-order valence-corrected chi connectivity index (χ0v) is 7.14. The van der Waals surface area contributed by atoms with Crippen molar-refractivity contribution in [1.29, 1.82) is 0 Å². The molecule has 1 saturated heterocycles. The van der Waals surface area contributed by atoms with Crippen LogP contribution in [0, 0.1) is 5.92 Å². The molecule has 0 saturated carbocycles. The summed E-state index contributed by atoms with van der Waals surface area (Å²) in [6, 6.07) is 0. The van der Waals surface area contributed by atoms with Crippen LogP contribution in [-0.4, -0.2) is 26.4 Å². The molecule has 0 amide bonds. The minimum Gasteiger partial charge on any atom is -0.381 e. The third-order valence-electron chi connectivity index (χ3n) is 1.87. The number of hydrogen-bond donors (Lipinski definition) is 1. The van der Waals surface area contributed by atoms with Crippen LogP contribution in [0.15, 0.2) is 0 Å². The molecule has 1 rings (SSSR count).